The van der Waals surface area contributed by atoms with Gasteiger partial charge in [-0.25, -0.2) is 0 Å². The molecule has 1 aromatic rings. The van der Waals surface area contributed by atoms with Gasteiger partial charge in [0.2, 0.25) is 7.37 Å². The minimum atomic E-state index is -3.39. The molecule has 1 aromatic carbocycles. The van der Waals surface area contributed by atoms with E-state index in [4.69, 9.17) is 0 Å². The van der Waals surface area contributed by atoms with Gasteiger partial charge in [0.1, 0.15) is 0 Å². The number of aryl methyl sites for hydroxylation is 1. The van der Waals surface area contributed by atoms with Crippen molar-refractivity contribution < 1.29 is 9.46 Å². The van der Waals surface area contributed by atoms with Crippen LogP contribution in [0.4, 0.5) is 0 Å². The monoisotopic (exact) mass is 268 g/mol. The molecule has 2 nitrogen and oxygen atoms in total. The summed E-state index contributed by atoms with van der Waals surface area (Å²) in [5.41, 5.74) is 1.95. The van der Waals surface area contributed by atoms with Crippen LogP contribution in [-0.4, -0.2) is 10.0 Å². The van der Waals surface area contributed by atoms with E-state index in [-0.39, 0.29) is 5.41 Å². The van der Waals surface area contributed by atoms with E-state index in [0.29, 0.717) is 5.30 Å². The van der Waals surface area contributed by atoms with Gasteiger partial charge in [0.25, 0.3) is 0 Å². The zero-order valence-electron chi connectivity index (χ0n) is 12.5. The lowest BCUT2D eigenvalue weighted by Crippen LogP contribution is -2.30. The van der Waals surface area contributed by atoms with Crippen LogP contribution in [0.2, 0.25) is 0 Å². The third-order valence-corrected chi connectivity index (χ3v) is 6.08. The van der Waals surface area contributed by atoms with Gasteiger partial charge in [-0.15, -0.1) is 0 Å². The maximum Gasteiger partial charge on any atom is 0.235 e. The summed E-state index contributed by atoms with van der Waals surface area (Å²) in [6.07, 6.45) is 0. The van der Waals surface area contributed by atoms with Crippen LogP contribution < -0.4 is 5.30 Å². The van der Waals surface area contributed by atoms with E-state index < -0.39 is 12.5 Å². The van der Waals surface area contributed by atoms with Gasteiger partial charge < -0.3 is 4.89 Å². The van der Waals surface area contributed by atoms with Gasteiger partial charge in [0.15, 0.2) is 0 Å². The van der Waals surface area contributed by atoms with Gasteiger partial charge in [0.05, 0.1) is 0 Å². The van der Waals surface area contributed by atoms with Crippen molar-refractivity contribution >= 4 is 12.7 Å². The molecule has 0 bridgehead atoms. The third kappa shape index (κ3) is 2.70. The minimum absolute atomic E-state index is 0.135. The van der Waals surface area contributed by atoms with Crippen molar-refractivity contribution in [2.24, 2.45) is 0 Å². The number of hydrogen-bond donors (Lipinski definition) is 1. The first-order valence-corrected chi connectivity index (χ1v) is 7.98. The third-order valence-electron chi connectivity index (χ3n) is 3.24. The molecule has 0 saturated carbocycles. The zero-order chi connectivity index (χ0) is 14.4. The molecule has 0 saturated heterocycles. The van der Waals surface area contributed by atoms with E-state index in [1.807, 2.05) is 39.8 Å². The Hall–Kier alpha value is -0.590. The summed E-state index contributed by atoms with van der Waals surface area (Å²) in [6, 6.07) is 5.68. The Labute approximate surface area is 111 Å². The summed E-state index contributed by atoms with van der Waals surface area (Å²) in [6.45, 7) is 13.7. The highest BCUT2D eigenvalue weighted by atomic mass is 31.2. The first-order chi connectivity index (χ1) is 7.89. The molecule has 0 amide bonds. The average molecular weight is 268 g/mol. The summed E-state index contributed by atoms with van der Waals surface area (Å²) >= 11 is 0. The molecule has 0 aliphatic rings. The molecule has 0 radical (unpaired) electrons. The van der Waals surface area contributed by atoms with Gasteiger partial charge in [-0.05, 0) is 29.5 Å². The van der Waals surface area contributed by atoms with Crippen LogP contribution >= 0.6 is 7.37 Å². The Balaban J connectivity index is 3.63. The highest BCUT2D eigenvalue weighted by molar-refractivity contribution is 7.67. The maximum absolute atomic E-state index is 12.8. The Morgan fingerprint density at radius 2 is 1.56 bits per heavy atom. The number of hydrogen-bond acceptors (Lipinski definition) is 1. The highest BCUT2D eigenvalue weighted by Crippen LogP contribution is 2.54. The predicted molar refractivity (Wildman–Crippen MR) is 79.1 cm³/mol. The van der Waals surface area contributed by atoms with Crippen molar-refractivity contribution in [3.63, 3.8) is 0 Å². The molecule has 1 rings (SSSR count). The Bertz CT molecular complexity index is 490. The highest BCUT2D eigenvalue weighted by Gasteiger charge is 2.39. The largest absolute Gasteiger partial charge is 0.341 e. The van der Waals surface area contributed by atoms with Crippen molar-refractivity contribution in [3.8, 4) is 0 Å². The Morgan fingerprint density at radius 3 is 1.94 bits per heavy atom. The molecule has 1 unspecified atom stereocenters. The molecule has 0 spiro atoms. The molecule has 3 heteroatoms. The van der Waals surface area contributed by atoms with Crippen LogP contribution in [-0.2, 0) is 9.98 Å². The zero-order valence-corrected chi connectivity index (χ0v) is 13.4. The summed E-state index contributed by atoms with van der Waals surface area (Å²) < 4.78 is 12.8. The second kappa shape index (κ2) is 4.51. The molecular formula is C15H25O2P. The van der Waals surface area contributed by atoms with Crippen molar-refractivity contribution in [1.29, 1.82) is 0 Å². The Kier molecular flexibility index (Phi) is 3.87. The molecule has 0 aromatic heterocycles. The first kappa shape index (κ1) is 15.5. The normalized spacial score (nSPS) is 16.4. The molecule has 0 heterocycles. The molecule has 102 valence electrons. The SMILES string of the molecule is Cc1cccc(P(=O)(O)C(C)(C)C)c1C(C)(C)C. The minimum Gasteiger partial charge on any atom is -0.341 e. The smallest absolute Gasteiger partial charge is 0.235 e. The molecule has 1 atom stereocenters. The molecular weight excluding hydrogens is 243 g/mol. The van der Waals surface area contributed by atoms with E-state index in [9.17, 15) is 9.46 Å². The molecule has 0 fully saturated rings. The van der Waals surface area contributed by atoms with E-state index >= 15 is 0 Å². The van der Waals surface area contributed by atoms with Gasteiger partial charge in [-0.2, -0.15) is 0 Å². The fourth-order valence-electron chi connectivity index (χ4n) is 2.24. The lowest BCUT2D eigenvalue weighted by atomic mass is 9.84. The average Bonchev–Trinajstić information content (AvgIpc) is 2.13. The quantitative estimate of drug-likeness (QED) is 0.782. The van der Waals surface area contributed by atoms with E-state index in [0.717, 1.165) is 11.1 Å². The first-order valence-electron chi connectivity index (χ1n) is 6.32. The summed E-state index contributed by atoms with van der Waals surface area (Å²) in [4.78, 5) is 10.5. The number of benzene rings is 1. The van der Waals surface area contributed by atoms with Crippen LogP contribution in [0.25, 0.3) is 0 Å². The molecule has 0 aliphatic carbocycles. The van der Waals surface area contributed by atoms with Crippen LogP contribution in [0.5, 0.6) is 0 Å². The van der Waals surface area contributed by atoms with E-state index in [2.05, 4.69) is 20.8 Å². The fraction of sp³-hybridized carbons (Fsp3) is 0.600. The summed E-state index contributed by atoms with van der Waals surface area (Å²) in [5.74, 6) is 0. The van der Waals surface area contributed by atoms with Crippen molar-refractivity contribution in [2.75, 3.05) is 0 Å². The topological polar surface area (TPSA) is 37.3 Å². The lowest BCUT2D eigenvalue weighted by molar-refractivity contribution is 0.456. The van der Waals surface area contributed by atoms with E-state index in [1.54, 1.807) is 6.07 Å². The molecule has 1 N–H and O–H groups in total. The summed E-state index contributed by atoms with van der Waals surface area (Å²) in [7, 11) is -3.39. The van der Waals surface area contributed by atoms with Gasteiger partial charge >= 0.3 is 0 Å². The van der Waals surface area contributed by atoms with Crippen LogP contribution in [0, 0.1) is 6.92 Å². The van der Waals surface area contributed by atoms with Crippen LogP contribution in [0.15, 0.2) is 18.2 Å². The molecule has 0 aliphatic heterocycles. The molecule has 18 heavy (non-hydrogen) atoms. The van der Waals surface area contributed by atoms with Crippen LogP contribution in [0.3, 0.4) is 0 Å². The van der Waals surface area contributed by atoms with E-state index in [1.165, 1.54) is 0 Å². The van der Waals surface area contributed by atoms with Gasteiger partial charge in [-0.3, -0.25) is 4.57 Å². The summed E-state index contributed by atoms with van der Waals surface area (Å²) in [5, 5.41) is -0.0247. The number of rotatable bonds is 1. The van der Waals surface area contributed by atoms with Crippen LogP contribution in [0.1, 0.15) is 52.7 Å². The second-order valence-corrected chi connectivity index (χ2v) is 9.94. The Morgan fingerprint density at radius 1 is 1.06 bits per heavy atom. The van der Waals surface area contributed by atoms with Crippen molar-refractivity contribution in [1.82, 2.24) is 0 Å². The predicted octanol–water partition coefficient (Wildman–Crippen LogP) is 3.99. The van der Waals surface area contributed by atoms with Gasteiger partial charge in [0, 0.05) is 10.5 Å². The van der Waals surface area contributed by atoms with Crippen molar-refractivity contribution in [2.45, 2.75) is 59.0 Å². The lowest BCUT2D eigenvalue weighted by Gasteiger charge is -2.32. The van der Waals surface area contributed by atoms with Gasteiger partial charge in [-0.1, -0.05) is 53.7 Å². The standard InChI is InChI=1S/C15H25O2P/c1-11-9-8-10-12(13(11)14(2,3)4)18(16,17)15(5,6)7/h8-10H,1-7H3,(H,16,17). The fourth-order valence-corrected chi connectivity index (χ4v) is 4.07. The van der Waals surface area contributed by atoms with Crippen molar-refractivity contribution in [3.05, 3.63) is 29.3 Å². The maximum atomic E-state index is 12.8. The second-order valence-electron chi connectivity index (χ2n) is 6.97.